The van der Waals surface area contributed by atoms with Crippen molar-refractivity contribution >= 4 is 0 Å². The molecule has 0 saturated carbocycles. The molecular weight excluding hydrogens is 228 g/mol. The molecule has 0 aliphatic carbocycles. The van der Waals surface area contributed by atoms with Crippen LogP contribution in [0.5, 0.6) is 0 Å². The number of hydrogen-bond donors (Lipinski definition) is 0. The quantitative estimate of drug-likeness (QED) is 0.772. The Balaban J connectivity index is 1.88. The Hall–Kier alpha value is -0.940. The van der Waals surface area contributed by atoms with Crippen molar-refractivity contribution in [1.29, 1.82) is 0 Å². The van der Waals surface area contributed by atoms with Gasteiger partial charge >= 0.3 is 0 Å². The fourth-order valence-corrected chi connectivity index (χ4v) is 2.42. The maximum absolute atomic E-state index is 5.80. The Bertz CT molecular complexity index is 347. The zero-order chi connectivity index (χ0) is 12.8. The van der Waals surface area contributed by atoms with Crippen LogP contribution in [0.4, 0.5) is 0 Å². The minimum Gasteiger partial charge on any atom is -0.377 e. The number of ether oxygens (including phenoxy) is 1. The van der Waals surface area contributed by atoms with E-state index < -0.39 is 0 Å². The van der Waals surface area contributed by atoms with E-state index in [2.05, 4.69) is 28.8 Å². The molecule has 5 nitrogen and oxygen atoms in total. The summed E-state index contributed by atoms with van der Waals surface area (Å²) in [5.74, 6) is 1.05. The second-order valence-electron chi connectivity index (χ2n) is 4.81. The first-order valence-electron chi connectivity index (χ1n) is 7.04. The summed E-state index contributed by atoms with van der Waals surface area (Å²) in [6.45, 7) is 8.99. The van der Waals surface area contributed by atoms with Gasteiger partial charge < -0.3 is 4.74 Å². The van der Waals surface area contributed by atoms with E-state index in [0.29, 0.717) is 6.10 Å². The van der Waals surface area contributed by atoms with Crippen LogP contribution in [0, 0.1) is 0 Å². The minimum atomic E-state index is 0.400. The van der Waals surface area contributed by atoms with E-state index in [9.17, 15) is 0 Å². The Morgan fingerprint density at radius 3 is 3.00 bits per heavy atom. The van der Waals surface area contributed by atoms with Crippen LogP contribution >= 0.6 is 0 Å². The van der Waals surface area contributed by atoms with Gasteiger partial charge in [-0.2, -0.15) is 5.10 Å². The van der Waals surface area contributed by atoms with Crippen LogP contribution in [0.1, 0.15) is 38.9 Å². The van der Waals surface area contributed by atoms with E-state index in [1.807, 2.05) is 4.68 Å². The van der Waals surface area contributed by atoms with Crippen LogP contribution in [0.2, 0.25) is 0 Å². The molecule has 5 heteroatoms. The Morgan fingerprint density at radius 1 is 1.44 bits per heavy atom. The molecule has 1 aromatic rings. The highest BCUT2D eigenvalue weighted by Crippen LogP contribution is 2.14. The van der Waals surface area contributed by atoms with Crippen LogP contribution < -0.4 is 0 Å². The highest BCUT2D eigenvalue weighted by atomic mass is 16.5. The summed E-state index contributed by atoms with van der Waals surface area (Å²) in [6, 6.07) is 0. The molecular formula is C13H24N4O. The van der Waals surface area contributed by atoms with Gasteiger partial charge in [-0.25, -0.2) is 9.67 Å². The van der Waals surface area contributed by atoms with Gasteiger partial charge in [0.2, 0.25) is 0 Å². The molecule has 1 aliphatic heterocycles. The van der Waals surface area contributed by atoms with Crippen LogP contribution in [0.3, 0.4) is 0 Å². The monoisotopic (exact) mass is 252 g/mol. The standard InChI is InChI=1S/C13H24N4O/c1-3-16(9-12-7-5-6-8-18-12)10-13-14-11-15-17(13)4-2/h11-12H,3-10H2,1-2H3/t12-/m1/s1. The first-order chi connectivity index (χ1) is 8.83. The lowest BCUT2D eigenvalue weighted by molar-refractivity contribution is -0.00680. The fraction of sp³-hybridized carbons (Fsp3) is 0.846. The van der Waals surface area contributed by atoms with Crippen molar-refractivity contribution in [1.82, 2.24) is 19.7 Å². The average molecular weight is 252 g/mol. The maximum Gasteiger partial charge on any atom is 0.140 e. The lowest BCUT2D eigenvalue weighted by atomic mass is 10.1. The van der Waals surface area contributed by atoms with Gasteiger partial charge in [0.15, 0.2) is 0 Å². The zero-order valence-electron chi connectivity index (χ0n) is 11.5. The van der Waals surface area contributed by atoms with E-state index in [4.69, 9.17) is 4.74 Å². The van der Waals surface area contributed by atoms with Gasteiger partial charge in [-0.05, 0) is 32.7 Å². The lowest BCUT2D eigenvalue weighted by Gasteiger charge is -2.28. The minimum absolute atomic E-state index is 0.400. The summed E-state index contributed by atoms with van der Waals surface area (Å²) < 4.78 is 7.76. The number of aryl methyl sites for hydroxylation is 1. The van der Waals surface area contributed by atoms with Crippen LogP contribution in [0.15, 0.2) is 6.33 Å². The van der Waals surface area contributed by atoms with Crippen molar-refractivity contribution in [2.45, 2.75) is 52.3 Å². The van der Waals surface area contributed by atoms with E-state index in [-0.39, 0.29) is 0 Å². The van der Waals surface area contributed by atoms with E-state index in [1.165, 1.54) is 19.3 Å². The van der Waals surface area contributed by atoms with Crippen molar-refractivity contribution in [2.24, 2.45) is 0 Å². The maximum atomic E-state index is 5.80. The number of hydrogen-bond acceptors (Lipinski definition) is 4. The van der Waals surface area contributed by atoms with Gasteiger partial charge in [0.1, 0.15) is 12.2 Å². The van der Waals surface area contributed by atoms with Crippen molar-refractivity contribution in [3.05, 3.63) is 12.2 Å². The lowest BCUT2D eigenvalue weighted by Crippen LogP contribution is -2.36. The van der Waals surface area contributed by atoms with Crippen molar-refractivity contribution < 1.29 is 4.74 Å². The first kappa shape index (κ1) is 13.5. The smallest absolute Gasteiger partial charge is 0.140 e. The highest BCUT2D eigenvalue weighted by molar-refractivity contribution is 4.85. The number of rotatable bonds is 6. The molecule has 0 bridgehead atoms. The van der Waals surface area contributed by atoms with Crippen molar-refractivity contribution in [2.75, 3.05) is 19.7 Å². The van der Waals surface area contributed by atoms with Crippen molar-refractivity contribution in [3.63, 3.8) is 0 Å². The average Bonchev–Trinajstić information content (AvgIpc) is 2.86. The molecule has 102 valence electrons. The second-order valence-corrected chi connectivity index (χ2v) is 4.81. The molecule has 0 unspecified atom stereocenters. The summed E-state index contributed by atoms with van der Waals surface area (Å²) in [7, 11) is 0. The van der Waals surface area contributed by atoms with Gasteiger partial charge in [0.25, 0.3) is 0 Å². The van der Waals surface area contributed by atoms with Gasteiger partial charge in [0.05, 0.1) is 12.6 Å². The summed E-state index contributed by atoms with van der Waals surface area (Å²) >= 11 is 0. The normalized spacial score (nSPS) is 20.5. The first-order valence-corrected chi connectivity index (χ1v) is 7.04. The predicted octanol–water partition coefficient (Wildman–Crippen LogP) is 1.69. The highest BCUT2D eigenvalue weighted by Gasteiger charge is 2.18. The third-order valence-electron chi connectivity index (χ3n) is 3.54. The molecule has 1 aromatic heterocycles. The Kier molecular flexibility index (Phi) is 5.13. The molecule has 0 aromatic carbocycles. The van der Waals surface area contributed by atoms with Gasteiger partial charge in [-0.1, -0.05) is 6.92 Å². The topological polar surface area (TPSA) is 43.2 Å². The number of aromatic nitrogens is 3. The largest absolute Gasteiger partial charge is 0.377 e. The predicted molar refractivity (Wildman–Crippen MR) is 70.2 cm³/mol. The summed E-state index contributed by atoms with van der Waals surface area (Å²) in [6.07, 6.45) is 5.75. The zero-order valence-corrected chi connectivity index (χ0v) is 11.5. The molecule has 2 heterocycles. The molecule has 1 fully saturated rings. The van der Waals surface area contributed by atoms with Crippen molar-refractivity contribution in [3.8, 4) is 0 Å². The summed E-state index contributed by atoms with van der Waals surface area (Å²) in [4.78, 5) is 6.73. The van der Waals surface area contributed by atoms with Gasteiger partial charge in [-0.3, -0.25) is 4.90 Å². The Labute approximate surface area is 109 Å². The third-order valence-corrected chi connectivity index (χ3v) is 3.54. The molecule has 0 N–H and O–H groups in total. The van der Waals surface area contributed by atoms with Crippen LogP contribution in [0.25, 0.3) is 0 Å². The second kappa shape index (κ2) is 6.85. The molecule has 2 rings (SSSR count). The molecule has 18 heavy (non-hydrogen) atoms. The Morgan fingerprint density at radius 2 is 2.33 bits per heavy atom. The van der Waals surface area contributed by atoms with E-state index in [1.54, 1.807) is 6.33 Å². The molecule has 0 radical (unpaired) electrons. The van der Waals surface area contributed by atoms with Crippen LogP contribution in [-0.2, 0) is 17.8 Å². The van der Waals surface area contributed by atoms with Gasteiger partial charge in [0, 0.05) is 19.7 Å². The van der Waals surface area contributed by atoms with Gasteiger partial charge in [-0.15, -0.1) is 0 Å². The molecule has 0 spiro atoms. The molecule has 1 aliphatic rings. The fourth-order valence-electron chi connectivity index (χ4n) is 2.42. The van der Waals surface area contributed by atoms with Crippen LogP contribution in [-0.4, -0.2) is 45.5 Å². The number of nitrogens with zero attached hydrogens (tertiary/aromatic N) is 4. The molecule has 1 atom stereocenters. The van der Waals surface area contributed by atoms with E-state index >= 15 is 0 Å². The summed E-state index contributed by atoms with van der Waals surface area (Å²) in [5.41, 5.74) is 0. The van der Waals surface area contributed by atoms with E-state index in [0.717, 1.165) is 38.6 Å². The number of likely N-dealkylation sites (N-methyl/N-ethyl adjacent to an activating group) is 1. The SMILES string of the molecule is CCN(Cc1ncnn1CC)C[C@H]1CCCCO1. The molecule has 0 amide bonds. The third kappa shape index (κ3) is 3.53. The summed E-state index contributed by atoms with van der Waals surface area (Å²) in [5, 5.41) is 4.22. The molecule has 1 saturated heterocycles.